The number of aryl methyl sites for hydroxylation is 2. The van der Waals surface area contributed by atoms with Gasteiger partial charge in [-0.1, -0.05) is 23.7 Å². The van der Waals surface area contributed by atoms with Crippen LogP contribution in [0.25, 0.3) is 0 Å². The molecule has 1 aromatic heterocycles. The normalized spacial score (nSPS) is 16.2. The summed E-state index contributed by atoms with van der Waals surface area (Å²) in [6.07, 6.45) is 2.18. The Morgan fingerprint density at radius 3 is 2.50 bits per heavy atom. The summed E-state index contributed by atoms with van der Waals surface area (Å²) in [5.41, 5.74) is 1.16. The summed E-state index contributed by atoms with van der Waals surface area (Å²) in [6, 6.07) is 12.2. The van der Waals surface area contributed by atoms with Crippen molar-refractivity contribution in [3.63, 3.8) is 0 Å². The predicted octanol–water partition coefficient (Wildman–Crippen LogP) is 4.00. The molecule has 1 aliphatic heterocycles. The smallest absolute Gasteiger partial charge is 0.104 e. The number of para-hydroxylation sites is 1. The summed E-state index contributed by atoms with van der Waals surface area (Å²) in [7, 11) is 0. The Balaban J connectivity index is 1.43. The Kier molecular flexibility index (Phi) is 5.06. The van der Waals surface area contributed by atoms with Gasteiger partial charge in [-0.3, -0.25) is 4.90 Å². The maximum absolute atomic E-state index is 6.28. The second-order valence-electron chi connectivity index (χ2n) is 5.90. The number of benzene rings is 1. The van der Waals surface area contributed by atoms with Crippen molar-refractivity contribution in [2.45, 2.75) is 19.8 Å². The van der Waals surface area contributed by atoms with Gasteiger partial charge in [-0.15, -0.1) is 0 Å². The fraction of sp³-hybridized carbons (Fsp3) is 0.444. The molecular weight excluding hydrogens is 296 g/mol. The minimum Gasteiger partial charge on any atom is -0.466 e. The van der Waals surface area contributed by atoms with Gasteiger partial charge < -0.3 is 9.32 Å². The highest BCUT2D eigenvalue weighted by Gasteiger charge is 2.18. The van der Waals surface area contributed by atoms with E-state index in [0.29, 0.717) is 0 Å². The van der Waals surface area contributed by atoms with Crippen molar-refractivity contribution in [1.82, 2.24) is 4.90 Å². The van der Waals surface area contributed by atoms with E-state index in [2.05, 4.69) is 28.0 Å². The maximum Gasteiger partial charge on any atom is 0.104 e. The third-order valence-corrected chi connectivity index (χ3v) is 4.58. The maximum atomic E-state index is 6.28. The monoisotopic (exact) mass is 318 g/mol. The van der Waals surface area contributed by atoms with Crippen molar-refractivity contribution in [1.29, 1.82) is 0 Å². The Morgan fingerprint density at radius 1 is 1.05 bits per heavy atom. The largest absolute Gasteiger partial charge is 0.466 e. The number of hydrogen-bond donors (Lipinski definition) is 0. The summed E-state index contributed by atoms with van der Waals surface area (Å²) < 4.78 is 5.62. The van der Waals surface area contributed by atoms with Gasteiger partial charge in [0.2, 0.25) is 0 Å². The first-order valence-corrected chi connectivity index (χ1v) is 8.37. The zero-order chi connectivity index (χ0) is 15.4. The quantitative estimate of drug-likeness (QED) is 0.831. The second kappa shape index (κ2) is 7.21. The van der Waals surface area contributed by atoms with Gasteiger partial charge in [-0.2, -0.15) is 0 Å². The van der Waals surface area contributed by atoms with Crippen molar-refractivity contribution in [2.75, 3.05) is 37.6 Å². The van der Waals surface area contributed by atoms with Gasteiger partial charge in [-0.05, 0) is 44.2 Å². The lowest BCUT2D eigenvalue weighted by atomic mass is 10.2. The minimum absolute atomic E-state index is 0.851. The van der Waals surface area contributed by atoms with Crippen LogP contribution in [-0.2, 0) is 6.42 Å². The summed E-state index contributed by atoms with van der Waals surface area (Å²) in [4.78, 5) is 4.91. The standard InChI is InChI=1S/C18H23ClN2O/c1-15-8-9-16(22-15)5-4-10-20-11-13-21(14-12-20)18-7-3-2-6-17(18)19/h2-3,6-9H,4-5,10-14H2,1H3. The van der Waals surface area contributed by atoms with E-state index in [4.69, 9.17) is 16.0 Å². The van der Waals surface area contributed by atoms with E-state index in [9.17, 15) is 0 Å². The SMILES string of the molecule is Cc1ccc(CCCN2CCN(c3ccccc3Cl)CC2)o1. The van der Waals surface area contributed by atoms with E-state index in [1.165, 1.54) is 0 Å². The lowest BCUT2D eigenvalue weighted by Gasteiger charge is -2.36. The molecule has 0 radical (unpaired) electrons. The average Bonchev–Trinajstić information content (AvgIpc) is 2.94. The van der Waals surface area contributed by atoms with Crippen LogP contribution >= 0.6 is 11.6 Å². The zero-order valence-corrected chi connectivity index (χ0v) is 13.9. The number of nitrogens with zero attached hydrogens (tertiary/aromatic N) is 2. The van der Waals surface area contributed by atoms with Gasteiger partial charge in [0.05, 0.1) is 10.7 Å². The number of anilines is 1. The third kappa shape index (κ3) is 3.84. The molecule has 3 rings (SSSR count). The molecule has 118 valence electrons. The van der Waals surface area contributed by atoms with Gasteiger partial charge in [-0.25, -0.2) is 0 Å². The summed E-state index contributed by atoms with van der Waals surface area (Å²) >= 11 is 6.28. The molecule has 22 heavy (non-hydrogen) atoms. The number of piperazine rings is 1. The van der Waals surface area contributed by atoms with Crippen LogP contribution in [0.2, 0.25) is 5.02 Å². The van der Waals surface area contributed by atoms with Gasteiger partial charge in [0.25, 0.3) is 0 Å². The molecule has 3 nitrogen and oxygen atoms in total. The molecular formula is C18H23ClN2O. The lowest BCUT2D eigenvalue weighted by Crippen LogP contribution is -2.46. The molecule has 0 saturated carbocycles. The lowest BCUT2D eigenvalue weighted by molar-refractivity contribution is 0.253. The number of furan rings is 1. The second-order valence-corrected chi connectivity index (χ2v) is 6.30. The first kappa shape index (κ1) is 15.4. The predicted molar refractivity (Wildman–Crippen MR) is 91.9 cm³/mol. The highest BCUT2D eigenvalue weighted by molar-refractivity contribution is 6.33. The van der Waals surface area contributed by atoms with Crippen molar-refractivity contribution in [2.24, 2.45) is 0 Å². The van der Waals surface area contributed by atoms with E-state index in [1.54, 1.807) is 0 Å². The number of halogens is 1. The van der Waals surface area contributed by atoms with Crippen molar-refractivity contribution in [3.8, 4) is 0 Å². The molecule has 0 spiro atoms. The highest BCUT2D eigenvalue weighted by atomic mass is 35.5. The average molecular weight is 319 g/mol. The molecule has 4 heteroatoms. The van der Waals surface area contributed by atoms with Crippen molar-refractivity contribution < 1.29 is 4.42 Å². The van der Waals surface area contributed by atoms with Gasteiger partial charge in [0, 0.05) is 32.6 Å². The van der Waals surface area contributed by atoms with E-state index in [1.807, 2.05) is 25.1 Å². The number of rotatable bonds is 5. The molecule has 1 saturated heterocycles. The minimum atomic E-state index is 0.851. The molecule has 0 amide bonds. The topological polar surface area (TPSA) is 19.6 Å². The van der Waals surface area contributed by atoms with Gasteiger partial charge in [0.1, 0.15) is 11.5 Å². The van der Waals surface area contributed by atoms with Crippen LogP contribution in [0.5, 0.6) is 0 Å². The van der Waals surface area contributed by atoms with Crippen molar-refractivity contribution >= 4 is 17.3 Å². The Bertz CT molecular complexity index is 603. The van der Waals surface area contributed by atoms with Crippen LogP contribution in [0, 0.1) is 6.92 Å². The number of hydrogen-bond acceptors (Lipinski definition) is 3. The fourth-order valence-electron chi connectivity index (χ4n) is 3.02. The molecule has 0 atom stereocenters. The third-order valence-electron chi connectivity index (χ3n) is 4.26. The Hall–Kier alpha value is -1.45. The Morgan fingerprint density at radius 2 is 1.82 bits per heavy atom. The summed E-state index contributed by atoms with van der Waals surface area (Å²) in [6.45, 7) is 7.42. The van der Waals surface area contributed by atoms with E-state index < -0.39 is 0 Å². The van der Waals surface area contributed by atoms with Crippen LogP contribution in [0.1, 0.15) is 17.9 Å². The van der Waals surface area contributed by atoms with Crippen molar-refractivity contribution in [3.05, 3.63) is 52.9 Å². The fourth-order valence-corrected chi connectivity index (χ4v) is 3.27. The van der Waals surface area contributed by atoms with Crippen LogP contribution in [0.4, 0.5) is 5.69 Å². The molecule has 0 N–H and O–H groups in total. The molecule has 2 aromatic rings. The molecule has 2 heterocycles. The van der Waals surface area contributed by atoms with Crippen LogP contribution in [0.15, 0.2) is 40.8 Å². The Labute approximate surface area is 137 Å². The van der Waals surface area contributed by atoms with E-state index in [-0.39, 0.29) is 0 Å². The molecule has 0 bridgehead atoms. The van der Waals surface area contributed by atoms with Crippen LogP contribution in [-0.4, -0.2) is 37.6 Å². The summed E-state index contributed by atoms with van der Waals surface area (Å²) in [5.74, 6) is 2.11. The van der Waals surface area contributed by atoms with Gasteiger partial charge >= 0.3 is 0 Å². The summed E-state index contributed by atoms with van der Waals surface area (Å²) in [5, 5.41) is 0.851. The van der Waals surface area contributed by atoms with Gasteiger partial charge in [0.15, 0.2) is 0 Å². The zero-order valence-electron chi connectivity index (χ0n) is 13.1. The molecule has 1 aliphatic rings. The van der Waals surface area contributed by atoms with Crippen LogP contribution < -0.4 is 4.90 Å². The first-order chi connectivity index (χ1) is 10.7. The highest BCUT2D eigenvalue weighted by Crippen LogP contribution is 2.26. The molecule has 1 aromatic carbocycles. The molecule has 0 aliphatic carbocycles. The van der Waals surface area contributed by atoms with Crippen LogP contribution in [0.3, 0.4) is 0 Å². The van der Waals surface area contributed by atoms with E-state index in [0.717, 1.165) is 67.8 Å². The van der Waals surface area contributed by atoms with E-state index >= 15 is 0 Å². The first-order valence-electron chi connectivity index (χ1n) is 7.99. The molecule has 1 fully saturated rings. The molecule has 0 unspecified atom stereocenters.